The fraction of sp³-hybridized carbons (Fsp3) is 1.00. The van der Waals surface area contributed by atoms with E-state index in [0.717, 1.165) is 6.42 Å². The first-order valence-electron chi connectivity index (χ1n) is 4.57. The lowest BCUT2D eigenvalue weighted by Gasteiger charge is -2.10. The molecule has 0 saturated heterocycles. The Morgan fingerprint density at radius 3 is 2.00 bits per heavy atom. The molecule has 0 saturated carbocycles. The monoisotopic (exact) mass is 191 g/mol. The van der Waals surface area contributed by atoms with Gasteiger partial charge in [0.2, 0.25) is 0 Å². The van der Waals surface area contributed by atoms with Crippen LogP contribution in [0.25, 0.3) is 0 Å². The number of hydrogen-bond acceptors (Lipinski definition) is 2. The van der Waals surface area contributed by atoms with Crippen molar-refractivity contribution in [1.29, 1.82) is 4.78 Å². The molecule has 3 heteroatoms. The standard InChI is InChI=1S/C9H21NOS/c1-8(2)5-6-12(10,11)7-9(3)4/h8-10H,5-7H2,1-4H3. The Kier molecular flexibility index (Phi) is 4.83. The molecule has 0 aliphatic heterocycles. The van der Waals surface area contributed by atoms with Crippen molar-refractivity contribution in [3.05, 3.63) is 0 Å². The third kappa shape index (κ3) is 6.65. The maximum Gasteiger partial charge on any atom is 0.0444 e. The molecule has 0 bridgehead atoms. The second-order valence-electron chi connectivity index (χ2n) is 4.26. The zero-order valence-corrected chi connectivity index (χ0v) is 9.41. The van der Waals surface area contributed by atoms with Crippen LogP contribution >= 0.6 is 0 Å². The van der Waals surface area contributed by atoms with Crippen LogP contribution in [0, 0.1) is 16.6 Å². The van der Waals surface area contributed by atoms with Gasteiger partial charge >= 0.3 is 0 Å². The zero-order chi connectivity index (χ0) is 9.78. The third-order valence-corrected chi connectivity index (χ3v) is 3.73. The quantitative estimate of drug-likeness (QED) is 0.713. The molecule has 0 heterocycles. The minimum Gasteiger partial charge on any atom is -0.253 e. The van der Waals surface area contributed by atoms with Crippen molar-refractivity contribution in [2.75, 3.05) is 11.5 Å². The molecular formula is C9H21NOS. The molecule has 0 rings (SSSR count). The van der Waals surface area contributed by atoms with Crippen molar-refractivity contribution >= 4 is 9.73 Å². The predicted octanol–water partition coefficient (Wildman–Crippen LogP) is 2.74. The molecule has 12 heavy (non-hydrogen) atoms. The maximum absolute atomic E-state index is 11.6. The highest BCUT2D eigenvalue weighted by molar-refractivity contribution is 7.92. The Balaban J connectivity index is 3.89. The van der Waals surface area contributed by atoms with E-state index in [1.165, 1.54) is 0 Å². The molecule has 0 aliphatic rings. The summed E-state index contributed by atoms with van der Waals surface area (Å²) in [7, 11) is -2.28. The summed E-state index contributed by atoms with van der Waals surface area (Å²) >= 11 is 0. The highest BCUT2D eigenvalue weighted by Crippen LogP contribution is 2.07. The van der Waals surface area contributed by atoms with Crippen molar-refractivity contribution in [1.82, 2.24) is 0 Å². The van der Waals surface area contributed by atoms with E-state index in [4.69, 9.17) is 4.78 Å². The molecule has 1 unspecified atom stereocenters. The molecule has 0 aromatic heterocycles. The van der Waals surface area contributed by atoms with Gasteiger partial charge in [-0.3, -0.25) is 4.78 Å². The molecule has 0 aliphatic carbocycles. The van der Waals surface area contributed by atoms with E-state index in [2.05, 4.69) is 13.8 Å². The lowest BCUT2D eigenvalue weighted by Crippen LogP contribution is -2.15. The van der Waals surface area contributed by atoms with Crippen LogP contribution in [-0.2, 0) is 9.73 Å². The lowest BCUT2D eigenvalue weighted by molar-refractivity contribution is 0.609. The molecule has 2 nitrogen and oxygen atoms in total. The molecule has 0 fully saturated rings. The van der Waals surface area contributed by atoms with E-state index < -0.39 is 9.73 Å². The van der Waals surface area contributed by atoms with Gasteiger partial charge in [0, 0.05) is 21.2 Å². The van der Waals surface area contributed by atoms with Crippen LogP contribution in [-0.4, -0.2) is 15.7 Å². The van der Waals surface area contributed by atoms with Crippen molar-refractivity contribution in [2.45, 2.75) is 34.1 Å². The van der Waals surface area contributed by atoms with E-state index in [1.54, 1.807) is 0 Å². The van der Waals surface area contributed by atoms with Crippen molar-refractivity contribution in [2.24, 2.45) is 11.8 Å². The van der Waals surface area contributed by atoms with Gasteiger partial charge in [0.25, 0.3) is 0 Å². The predicted molar refractivity (Wildman–Crippen MR) is 54.9 cm³/mol. The molecule has 74 valence electrons. The summed E-state index contributed by atoms with van der Waals surface area (Å²) in [5.41, 5.74) is 0. The van der Waals surface area contributed by atoms with E-state index in [1.807, 2.05) is 13.8 Å². The summed E-state index contributed by atoms with van der Waals surface area (Å²) in [5, 5.41) is 0. The largest absolute Gasteiger partial charge is 0.253 e. The Bertz CT molecular complexity index is 205. The smallest absolute Gasteiger partial charge is 0.0444 e. The summed E-state index contributed by atoms with van der Waals surface area (Å²) in [6.45, 7) is 8.24. The second-order valence-corrected chi connectivity index (χ2v) is 6.62. The average molecular weight is 191 g/mol. The summed E-state index contributed by atoms with van der Waals surface area (Å²) in [4.78, 5) is 0. The molecular weight excluding hydrogens is 170 g/mol. The zero-order valence-electron chi connectivity index (χ0n) is 8.59. The van der Waals surface area contributed by atoms with Crippen LogP contribution in [0.3, 0.4) is 0 Å². The summed E-state index contributed by atoms with van der Waals surface area (Å²) in [6.07, 6.45) is 0.912. The van der Waals surface area contributed by atoms with Crippen LogP contribution in [0.1, 0.15) is 34.1 Å². The Labute approximate surface area is 76.7 Å². The van der Waals surface area contributed by atoms with Crippen LogP contribution in [0.2, 0.25) is 0 Å². The fourth-order valence-electron chi connectivity index (χ4n) is 1.05. The Morgan fingerprint density at radius 1 is 1.17 bits per heavy atom. The highest BCUT2D eigenvalue weighted by atomic mass is 32.2. The topological polar surface area (TPSA) is 40.9 Å². The summed E-state index contributed by atoms with van der Waals surface area (Å²) in [6, 6.07) is 0. The van der Waals surface area contributed by atoms with Gasteiger partial charge in [0.1, 0.15) is 0 Å². The fourth-order valence-corrected chi connectivity index (χ4v) is 3.14. The van der Waals surface area contributed by atoms with Gasteiger partial charge in [-0.05, 0) is 18.3 Å². The van der Waals surface area contributed by atoms with Gasteiger partial charge in [-0.25, -0.2) is 4.21 Å². The van der Waals surface area contributed by atoms with Crippen LogP contribution in [0.4, 0.5) is 0 Å². The number of nitrogens with one attached hydrogen (secondary N) is 1. The van der Waals surface area contributed by atoms with Gasteiger partial charge in [0.05, 0.1) is 0 Å². The molecule has 1 N–H and O–H groups in total. The first kappa shape index (κ1) is 11.9. The van der Waals surface area contributed by atoms with Crippen LogP contribution < -0.4 is 0 Å². The van der Waals surface area contributed by atoms with Gasteiger partial charge in [-0.1, -0.05) is 27.7 Å². The van der Waals surface area contributed by atoms with Crippen molar-refractivity contribution < 1.29 is 4.21 Å². The van der Waals surface area contributed by atoms with Crippen LogP contribution in [0.5, 0.6) is 0 Å². The third-order valence-electron chi connectivity index (χ3n) is 1.63. The number of hydrogen-bond donors (Lipinski definition) is 1. The normalized spacial score (nSPS) is 16.8. The van der Waals surface area contributed by atoms with E-state index in [-0.39, 0.29) is 0 Å². The van der Waals surface area contributed by atoms with Crippen LogP contribution in [0.15, 0.2) is 0 Å². The molecule has 0 amide bonds. The van der Waals surface area contributed by atoms with E-state index in [9.17, 15) is 4.21 Å². The van der Waals surface area contributed by atoms with Gasteiger partial charge < -0.3 is 0 Å². The van der Waals surface area contributed by atoms with E-state index >= 15 is 0 Å². The SMILES string of the molecule is CC(C)CCS(=N)(=O)CC(C)C. The highest BCUT2D eigenvalue weighted by Gasteiger charge is 2.09. The average Bonchev–Trinajstić information content (AvgIpc) is 1.81. The molecule has 0 aromatic carbocycles. The maximum atomic E-state index is 11.6. The first-order chi connectivity index (χ1) is 5.33. The number of rotatable bonds is 5. The molecule has 0 radical (unpaired) electrons. The summed E-state index contributed by atoms with van der Waals surface area (Å²) < 4.78 is 19.1. The Morgan fingerprint density at radius 2 is 1.67 bits per heavy atom. The van der Waals surface area contributed by atoms with Gasteiger partial charge in [-0.2, -0.15) is 0 Å². The van der Waals surface area contributed by atoms with Gasteiger partial charge in [-0.15, -0.1) is 0 Å². The van der Waals surface area contributed by atoms with Crippen molar-refractivity contribution in [3.63, 3.8) is 0 Å². The molecule has 1 atom stereocenters. The molecule has 0 spiro atoms. The van der Waals surface area contributed by atoms with E-state index in [0.29, 0.717) is 23.3 Å². The summed E-state index contributed by atoms with van der Waals surface area (Å²) in [5.74, 6) is 2.06. The second kappa shape index (κ2) is 4.85. The first-order valence-corrected chi connectivity index (χ1v) is 6.47. The minimum absolute atomic E-state index is 0.377. The molecule has 0 aromatic rings. The Hall–Kier alpha value is -0.0500. The van der Waals surface area contributed by atoms with Crippen molar-refractivity contribution in [3.8, 4) is 0 Å². The lowest BCUT2D eigenvalue weighted by atomic mass is 10.2. The minimum atomic E-state index is -2.28. The van der Waals surface area contributed by atoms with Gasteiger partial charge in [0.15, 0.2) is 0 Å².